The minimum absolute atomic E-state index is 0.0242. The van der Waals surface area contributed by atoms with E-state index in [0.29, 0.717) is 23.6 Å². The number of aliphatic hydroxyl groups excluding tert-OH is 2. The molecule has 22 heavy (non-hydrogen) atoms. The van der Waals surface area contributed by atoms with Gasteiger partial charge in [0.2, 0.25) is 5.95 Å². The molecule has 4 atom stereocenters. The Balaban J connectivity index is 1.71. The second kappa shape index (κ2) is 5.76. The first-order valence-corrected chi connectivity index (χ1v) is 8.03. The van der Waals surface area contributed by atoms with Gasteiger partial charge in [0.05, 0.1) is 24.4 Å². The van der Waals surface area contributed by atoms with Crippen molar-refractivity contribution in [3.8, 4) is 0 Å². The summed E-state index contributed by atoms with van der Waals surface area (Å²) < 4.78 is 0. The number of hydrogen-bond donors (Lipinski definition) is 3. The Morgan fingerprint density at radius 3 is 2.86 bits per heavy atom. The fourth-order valence-electron chi connectivity index (χ4n) is 4.71. The van der Waals surface area contributed by atoms with Crippen LogP contribution in [0.1, 0.15) is 32.4 Å². The summed E-state index contributed by atoms with van der Waals surface area (Å²) in [4.78, 5) is 10.8. The van der Waals surface area contributed by atoms with Crippen LogP contribution in [-0.2, 0) is 6.61 Å². The summed E-state index contributed by atoms with van der Waals surface area (Å²) in [6.07, 6.45) is 3.02. The summed E-state index contributed by atoms with van der Waals surface area (Å²) in [5.41, 5.74) is 0.789. The van der Waals surface area contributed by atoms with Gasteiger partial charge < -0.3 is 20.4 Å². The summed E-state index contributed by atoms with van der Waals surface area (Å²) >= 11 is 0. The lowest BCUT2D eigenvalue weighted by Crippen LogP contribution is -2.64. The lowest BCUT2D eigenvalue weighted by molar-refractivity contribution is -0.0825. The molecule has 1 aliphatic carbocycles. The van der Waals surface area contributed by atoms with Gasteiger partial charge in [0.15, 0.2) is 0 Å². The Bertz CT molecular complexity index is 534. The van der Waals surface area contributed by atoms with E-state index in [1.54, 1.807) is 12.3 Å². The fraction of sp³-hybridized carbons (Fsp3) is 0.750. The average Bonchev–Trinajstić information content (AvgIpc) is 2.76. The van der Waals surface area contributed by atoms with Crippen molar-refractivity contribution in [2.45, 2.75) is 51.5 Å². The van der Waals surface area contributed by atoms with Gasteiger partial charge in [-0.1, -0.05) is 13.8 Å². The molecule has 2 aliphatic rings. The molecule has 1 aliphatic heterocycles. The van der Waals surface area contributed by atoms with Gasteiger partial charge in [0, 0.05) is 24.2 Å². The second-order valence-electron chi connectivity index (χ2n) is 7.22. The number of rotatable bonds is 4. The largest absolute Gasteiger partial charge is 0.391 e. The topological polar surface area (TPSA) is 81.5 Å². The highest BCUT2D eigenvalue weighted by Crippen LogP contribution is 2.52. The predicted molar refractivity (Wildman–Crippen MR) is 84.3 cm³/mol. The Morgan fingerprint density at radius 2 is 2.23 bits per heavy atom. The van der Waals surface area contributed by atoms with Crippen LogP contribution in [0.25, 0.3) is 0 Å². The van der Waals surface area contributed by atoms with E-state index < -0.39 is 0 Å². The van der Waals surface area contributed by atoms with Crippen molar-refractivity contribution in [1.82, 2.24) is 14.9 Å². The zero-order valence-electron chi connectivity index (χ0n) is 13.5. The fourth-order valence-corrected chi connectivity index (χ4v) is 4.71. The van der Waals surface area contributed by atoms with Crippen LogP contribution in [0.5, 0.6) is 0 Å². The third-order valence-corrected chi connectivity index (χ3v) is 5.19. The van der Waals surface area contributed by atoms with E-state index in [1.807, 2.05) is 0 Å². The van der Waals surface area contributed by atoms with Crippen molar-refractivity contribution in [3.05, 3.63) is 18.0 Å². The predicted octanol–water partition coefficient (Wildman–Crippen LogP) is 0.860. The quantitative estimate of drug-likeness (QED) is 0.765. The molecule has 6 heteroatoms. The van der Waals surface area contributed by atoms with Crippen molar-refractivity contribution in [2.24, 2.45) is 11.3 Å². The van der Waals surface area contributed by atoms with Gasteiger partial charge >= 0.3 is 0 Å². The summed E-state index contributed by atoms with van der Waals surface area (Å²) in [6, 6.07) is 2.19. The molecule has 2 fully saturated rings. The normalized spacial score (nSPS) is 35.1. The van der Waals surface area contributed by atoms with E-state index in [4.69, 9.17) is 5.11 Å². The Labute approximate surface area is 131 Å². The zero-order chi connectivity index (χ0) is 15.9. The number of nitrogens with zero attached hydrogens (tertiary/aromatic N) is 3. The van der Waals surface area contributed by atoms with Crippen molar-refractivity contribution in [2.75, 3.05) is 18.9 Å². The van der Waals surface area contributed by atoms with Crippen molar-refractivity contribution in [3.63, 3.8) is 0 Å². The first-order valence-electron chi connectivity index (χ1n) is 8.03. The van der Waals surface area contributed by atoms with Crippen LogP contribution in [0.3, 0.4) is 0 Å². The lowest BCUT2D eigenvalue weighted by Gasteiger charge is -2.57. The highest BCUT2D eigenvalue weighted by atomic mass is 16.3. The minimum Gasteiger partial charge on any atom is -0.391 e. The van der Waals surface area contributed by atoms with Crippen LogP contribution in [-0.4, -0.2) is 56.9 Å². The highest BCUT2D eigenvalue weighted by molar-refractivity contribution is 5.29. The minimum atomic E-state index is -0.378. The third kappa shape index (κ3) is 2.59. The summed E-state index contributed by atoms with van der Waals surface area (Å²) in [7, 11) is 2.16. The first-order chi connectivity index (χ1) is 10.4. The highest BCUT2D eigenvalue weighted by Gasteiger charge is 2.58. The maximum Gasteiger partial charge on any atom is 0.223 e. The van der Waals surface area contributed by atoms with Gasteiger partial charge in [-0.3, -0.25) is 0 Å². The molecule has 1 spiro atoms. The monoisotopic (exact) mass is 306 g/mol. The third-order valence-electron chi connectivity index (χ3n) is 5.19. The molecular weight excluding hydrogens is 280 g/mol. The van der Waals surface area contributed by atoms with E-state index in [9.17, 15) is 5.11 Å². The first kappa shape index (κ1) is 15.6. The lowest BCUT2D eigenvalue weighted by atomic mass is 9.66. The maximum absolute atomic E-state index is 10.5. The van der Waals surface area contributed by atoms with E-state index >= 15 is 0 Å². The molecule has 1 saturated heterocycles. The smallest absolute Gasteiger partial charge is 0.223 e. The van der Waals surface area contributed by atoms with Gasteiger partial charge in [-0.05, 0) is 31.9 Å². The summed E-state index contributed by atoms with van der Waals surface area (Å²) in [5, 5.41) is 22.9. The molecule has 3 rings (SSSR count). The Kier molecular flexibility index (Phi) is 4.09. The molecule has 3 N–H and O–H groups in total. The molecule has 0 radical (unpaired) electrons. The molecule has 1 aromatic heterocycles. The number of anilines is 1. The van der Waals surface area contributed by atoms with Crippen LogP contribution < -0.4 is 5.32 Å². The second-order valence-corrected chi connectivity index (χ2v) is 7.22. The van der Waals surface area contributed by atoms with Crippen LogP contribution in [0.15, 0.2) is 12.3 Å². The van der Waals surface area contributed by atoms with Gasteiger partial charge in [-0.15, -0.1) is 0 Å². The average molecular weight is 306 g/mol. The maximum atomic E-state index is 10.5. The van der Waals surface area contributed by atoms with Crippen molar-refractivity contribution < 1.29 is 10.2 Å². The number of aliphatic hydroxyl groups is 2. The van der Waals surface area contributed by atoms with Gasteiger partial charge in [-0.2, -0.15) is 0 Å². The van der Waals surface area contributed by atoms with E-state index in [1.165, 1.54) is 0 Å². The number of likely N-dealkylation sites (tertiary alicyclic amines) is 1. The number of aromatic nitrogens is 2. The molecular formula is C16H26N4O2. The number of hydrogen-bond acceptors (Lipinski definition) is 6. The molecule has 0 amide bonds. The van der Waals surface area contributed by atoms with Crippen molar-refractivity contribution in [1.29, 1.82) is 0 Å². The van der Waals surface area contributed by atoms with Gasteiger partial charge in [0.1, 0.15) is 0 Å². The molecule has 2 heterocycles. The molecule has 2 unspecified atom stereocenters. The van der Waals surface area contributed by atoms with Crippen LogP contribution in [0.2, 0.25) is 0 Å². The van der Waals surface area contributed by atoms with Gasteiger partial charge in [-0.25, -0.2) is 9.97 Å². The molecule has 122 valence electrons. The zero-order valence-corrected chi connectivity index (χ0v) is 13.5. The Hall–Kier alpha value is -1.24. The molecule has 1 aromatic rings. The Morgan fingerprint density at radius 1 is 1.45 bits per heavy atom. The SMILES string of the molecule is CC(C)C1N(C)CC12C[C@@H](O)[C@H](Nc1nccc(CO)n1)C2. The van der Waals surface area contributed by atoms with E-state index in [0.717, 1.165) is 19.4 Å². The van der Waals surface area contributed by atoms with Gasteiger partial charge in [0.25, 0.3) is 0 Å². The summed E-state index contributed by atoms with van der Waals surface area (Å²) in [6.45, 7) is 5.45. The molecule has 0 bridgehead atoms. The van der Waals surface area contributed by atoms with Crippen molar-refractivity contribution >= 4 is 5.95 Å². The van der Waals surface area contributed by atoms with Crippen LogP contribution in [0, 0.1) is 11.3 Å². The molecule has 6 nitrogen and oxygen atoms in total. The van der Waals surface area contributed by atoms with Crippen LogP contribution in [0.4, 0.5) is 5.95 Å². The van der Waals surface area contributed by atoms with Crippen LogP contribution >= 0.6 is 0 Å². The standard InChI is InChI=1S/C16H26N4O2/c1-10(2)14-16(9-20(14)3)6-12(13(22)7-16)19-15-17-5-4-11(8-21)18-15/h4-5,10,12-14,21-22H,6-9H2,1-3H3,(H,17,18,19)/t12-,13-,14?,16?/m1/s1. The van der Waals surface area contributed by atoms with E-state index in [-0.39, 0.29) is 24.2 Å². The number of nitrogens with one attached hydrogen (secondary N) is 1. The molecule has 0 aromatic carbocycles. The van der Waals surface area contributed by atoms with E-state index in [2.05, 4.69) is 41.1 Å². The molecule has 1 saturated carbocycles. The summed E-state index contributed by atoms with van der Waals surface area (Å²) in [5.74, 6) is 1.07.